The molecule has 1 aliphatic rings. The fourth-order valence-electron chi connectivity index (χ4n) is 4.62. The van der Waals surface area contributed by atoms with E-state index in [0.717, 1.165) is 54.9 Å². The number of hydrogen-bond acceptors (Lipinski definition) is 7. The normalized spacial score (nSPS) is 14.4. The van der Waals surface area contributed by atoms with Gasteiger partial charge in [0.2, 0.25) is 5.65 Å². The molecule has 190 valence electrons. The van der Waals surface area contributed by atoms with Crippen LogP contribution in [0.5, 0.6) is 0 Å². The lowest BCUT2D eigenvalue weighted by Gasteiger charge is -2.29. The summed E-state index contributed by atoms with van der Waals surface area (Å²) in [5.74, 6) is 0.646. The number of nitrogens with zero attached hydrogens (tertiary/aromatic N) is 5. The lowest BCUT2D eigenvalue weighted by molar-refractivity contribution is -0.127. The van der Waals surface area contributed by atoms with Crippen LogP contribution in [-0.4, -0.2) is 51.3 Å². The number of amides is 1. The van der Waals surface area contributed by atoms with Crippen molar-refractivity contribution in [2.45, 2.75) is 52.8 Å². The summed E-state index contributed by atoms with van der Waals surface area (Å²) < 4.78 is 15.8. The minimum atomic E-state index is -1.46. The molecule has 5 rings (SSSR count). The summed E-state index contributed by atoms with van der Waals surface area (Å²) in [6.07, 6.45) is 1.15. The summed E-state index contributed by atoms with van der Waals surface area (Å²) in [4.78, 5) is 20.6. The van der Waals surface area contributed by atoms with Gasteiger partial charge < -0.3 is 15.5 Å². The van der Waals surface area contributed by atoms with Gasteiger partial charge in [-0.05, 0) is 67.3 Å². The van der Waals surface area contributed by atoms with E-state index in [4.69, 9.17) is 4.98 Å². The van der Waals surface area contributed by atoms with Gasteiger partial charge in [-0.3, -0.25) is 9.20 Å². The molecule has 8 nitrogen and oxygen atoms in total. The first kappa shape index (κ1) is 24.4. The van der Waals surface area contributed by atoms with Gasteiger partial charge in [-0.1, -0.05) is 13.8 Å². The number of halogens is 1. The van der Waals surface area contributed by atoms with Crippen molar-refractivity contribution in [1.82, 2.24) is 24.9 Å². The van der Waals surface area contributed by atoms with Gasteiger partial charge in [-0.15, -0.1) is 21.5 Å². The lowest BCUT2D eigenvalue weighted by Crippen LogP contribution is -2.35. The molecule has 0 bridgehead atoms. The van der Waals surface area contributed by atoms with E-state index in [9.17, 15) is 9.18 Å². The molecule has 0 radical (unpaired) electrons. The summed E-state index contributed by atoms with van der Waals surface area (Å²) in [6.45, 7) is 8.36. The summed E-state index contributed by atoms with van der Waals surface area (Å²) in [5, 5.41) is 16.9. The first-order valence-corrected chi connectivity index (χ1v) is 13.4. The molecule has 4 aromatic rings. The van der Waals surface area contributed by atoms with Crippen molar-refractivity contribution in [3.63, 3.8) is 0 Å². The lowest BCUT2D eigenvalue weighted by atomic mass is 10.1. The fraction of sp³-hybridized carbons (Fsp3) is 0.462. The maximum absolute atomic E-state index is 13.7. The number of aromatic nitrogens is 4. The number of anilines is 2. The zero-order valence-corrected chi connectivity index (χ0v) is 21.7. The highest BCUT2D eigenvalue weighted by Gasteiger charge is 2.21. The third-order valence-electron chi connectivity index (χ3n) is 6.67. The monoisotopic (exact) mass is 509 g/mol. The second kappa shape index (κ2) is 10.4. The summed E-state index contributed by atoms with van der Waals surface area (Å²) in [5.41, 5.74) is 5.12. The summed E-state index contributed by atoms with van der Waals surface area (Å²) in [6, 6.07) is 8.63. The van der Waals surface area contributed by atoms with Crippen LogP contribution in [0.2, 0.25) is 0 Å². The predicted octanol–water partition coefficient (Wildman–Crippen LogP) is 4.51. The van der Waals surface area contributed by atoms with Gasteiger partial charge in [-0.25, -0.2) is 9.37 Å². The summed E-state index contributed by atoms with van der Waals surface area (Å²) >= 11 is 1.85. The van der Waals surface area contributed by atoms with Crippen molar-refractivity contribution in [3.05, 3.63) is 45.9 Å². The minimum absolute atomic E-state index is 0.316. The number of carbonyl (C=O) groups is 1. The highest BCUT2D eigenvalue weighted by atomic mass is 32.1. The number of benzene rings is 1. The molecule has 1 aliphatic heterocycles. The van der Waals surface area contributed by atoms with E-state index in [2.05, 4.69) is 55.4 Å². The fourth-order valence-corrected chi connectivity index (χ4v) is 5.51. The van der Waals surface area contributed by atoms with Gasteiger partial charge in [0.1, 0.15) is 5.82 Å². The highest BCUT2D eigenvalue weighted by molar-refractivity contribution is 7.10. The topological polar surface area (TPSA) is 87.4 Å². The zero-order valence-electron chi connectivity index (χ0n) is 20.9. The van der Waals surface area contributed by atoms with E-state index in [1.54, 1.807) is 13.8 Å². The van der Waals surface area contributed by atoms with Crippen LogP contribution in [0.1, 0.15) is 43.0 Å². The Labute approximate surface area is 213 Å². The zero-order chi connectivity index (χ0) is 25.2. The van der Waals surface area contributed by atoms with E-state index in [1.807, 2.05) is 22.7 Å². The van der Waals surface area contributed by atoms with E-state index >= 15 is 0 Å². The van der Waals surface area contributed by atoms with Gasteiger partial charge >= 0.3 is 0 Å². The maximum atomic E-state index is 13.7. The van der Waals surface area contributed by atoms with Crippen molar-refractivity contribution in [1.29, 1.82) is 0 Å². The average molecular weight is 510 g/mol. The number of hydrogen-bond donors (Lipinski definition) is 2. The molecule has 0 saturated heterocycles. The van der Waals surface area contributed by atoms with Crippen LogP contribution in [0, 0.1) is 12.8 Å². The van der Waals surface area contributed by atoms with Crippen LogP contribution >= 0.6 is 11.3 Å². The SMILES string of the molecule is Cc1nnc2c(NCCCCNC(=O)[C@@H](F)C(C)C)nc3cc(N4CCc5sccc5C4)ccc3n12. The number of rotatable bonds is 9. The van der Waals surface area contributed by atoms with E-state index in [-0.39, 0.29) is 5.92 Å². The molecular weight excluding hydrogens is 477 g/mol. The number of unbranched alkanes of at least 4 members (excludes halogenated alkanes) is 1. The van der Waals surface area contributed by atoms with Crippen molar-refractivity contribution in [2.24, 2.45) is 5.92 Å². The van der Waals surface area contributed by atoms with Gasteiger partial charge in [0, 0.05) is 36.7 Å². The van der Waals surface area contributed by atoms with Crippen LogP contribution < -0.4 is 15.5 Å². The number of thiophene rings is 1. The predicted molar refractivity (Wildman–Crippen MR) is 143 cm³/mol. The van der Waals surface area contributed by atoms with Gasteiger partial charge in [0.05, 0.1) is 11.0 Å². The molecule has 0 spiro atoms. The molecule has 2 N–H and O–H groups in total. The third kappa shape index (κ3) is 4.86. The highest BCUT2D eigenvalue weighted by Crippen LogP contribution is 2.30. The number of nitrogens with one attached hydrogen (secondary N) is 2. The smallest absolute Gasteiger partial charge is 0.254 e. The Morgan fingerprint density at radius 3 is 2.86 bits per heavy atom. The number of aryl methyl sites for hydroxylation is 1. The van der Waals surface area contributed by atoms with Gasteiger partial charge in [-0.2, -0.15) is 0 Å². The molecular formula is C26H32FN7OS. The molecule has 1 amide bonds. The van der Waals surface area contributed by atoms with Crippen molar-refractivity contribution < 1.29 is 9.18 Å². The van der Waals surface area contributed by atoms with Gasteiger partial charge in [0.25, 0.3) is 5.91 Å². The van der Waals surface area contributed by atoms with Crippen LogP contribution in [0.15, 0.2) is 29.6 Å². The second-order valence-electron chi connectivity index (χ2n) is 9.65. The number of alkyl halides is 1. The van der Waals surface area contributed by atoms with Crippen molar-refractivity contribution >= 4 is 45.4 Å². The van der Waals surface area contributed by atoms with Crippen LogP contribution in [0.3, 0.4) is 0 Å². The molecule has 4 heterocycles. The molecule has 0 aliphatic carbocycles. The minimum Gasteiger partial charge on any atom is -0.367 e. The average Bonchev–Trinajstić information content (AvgIpc) is 3.51. The van der Waals surface area contributed by atoms with Gasteiger partial charge in [0.15, 0.2) is 12.0 Å². The molecule has 0 saturated carbocycles. The van der Waals surface area contributed by atoms with E-state index < -0.39 is 12.1 Å². The van der Waals surface area contributed by atoms with Crippen LogP contribution in [0.25, 0.3) is 16.7 Å². The summed E-state index contributed by atoms with van der Waals surface area (Å²) in [7, 11) is 0. The van der Waals surface area contributed by atoms with E-state index in [1.165, 1.54) is 10.4 Å². The molecule has 0 unspecified atom stereocenters. The van der Waals surface area contributed by atoms with Crippen molar-refractivity contribution in [3.8, 4) is 0 Å². The van der Waals surface area contributed by atoms with Crippen LogP contribution in [0.4, 0.5) is 15.9 Å². The van der Waals surface area contributed by atoms with E-state index in [0.29, 0.717) is 24.6 Å². The quantitative estimate of drug-likeness (QED) is 0.323. The molecule has 3 aromatic heterocycles. The molecule has 36 heavy (non-hydrogen) atoms. The standard InChI is InChI=1S/C26H32FN7OS/c1-16(2)23(27)26(35)29-11-5-4-10-28-24-25-32-31-17(3)34(25)21-7-6-19(14-20(21)30-24)33-12-8-22-18(15-33)9-13-36-22/h6-7,9,13-14,16,23H,4-5,8,10-12,15H2,1-3H3,(H,28,30)(H,29,35)/t23-/m0/s1. The maximum Gasteiger partial charge on any atom is 0.254 e. The molecule has 1 atom stereocenters. The Kier molecular flexibility index (Phi) is 7.04. The number of carbonyl (C=O) groups excluding carboxylic acids is 1. The van der Waals surface area contributed by atoms with Crippen molar-refractivity contribution in [2.75, 3.05) is 29.9 Å². The second-order valence-corrected chi connectivity index (χ2v) is 10.7. The Morgan fingerprint density at radius 2 is 2.03 bits per heavy atom. The molecule has 0 fully saturated rings. The Balaban J connectivity index is 1.28. The third-order valence-corrected chi connectivity index (χ3v) is 7.70. The Morgan fingerprint density at radius 1 is 1.19 bits per heavy atom. The largest absolute Gasteiger partial charge is 0.367 e. The molecule has 10 heteroatoms. The van der Waals surface area contributed by atoms with Crippen LogP contribution in [-0.2, 0) is 17.8 Å². The Bertz CT molecular complexity index is 1380. The first-order chi connectivity index (χ1) is 17.4. The Hall–Kier alpha value is -3.27. The first-order valence-electron chi connectivity index (χ1n) is 12.5. The molecule has 1 aromatic carbocycles. The number of fused-ring (bicyclic) bond motifs is 4.